The minimum absolute atomic E-state index is 0. The third-order valence-electron chi connectivity index (χ3n) is 5.56. The smallest absolute Gasteiger partial charge is 0.227 e. The first-order valence-electron chi connectivity index (χ1n) is 10.7. The number of nitrogens with zero attached hydrogens (tertiary/aromatic N) is 2. The summed E-state index contributed by atoms with van der Waals surface area (Å²) < 4.78 is 6.01. The number of ether oxygens (including phenoxy) is 1. The van der Waals surface area contributed by atoms with E-state index in [1.807, 2.05) is 17.0 Å². The van der Waals surface area contributed by atoms with Crippen molar-refractivity contribution in [3.05, 3.63) is 29.8 Å². The van der Waals surface area contributed by atoms with Crippen LogP contribution in [-0.4, -0.2) is 44.7 Å². The Labute approximate surface area is 191 Å². The highest BCUT2D eigenvalue weighted by molar-refractivity contribution is 14.0. The van der Waals surface area contributed by atoms with Gasteiger partial charge in [0.25, 0.3) is 0 Å². The normalized spacial score (nSPS) is 18.3. The molecule has 1 aromatic rings. The first-order valence-corrected chi connectivity index (χ1v) is 10.7. The molecule has 7 heteroatoms. The van der Waals surface area contributed by atoms with Gasteiger partial charge in [-0.15, -0.1) is 24.0 Å². The lowest BCUT2D eigenvalue weighted by Gasteiger charge is -2.17. The third kappa shape index (κ3) is 7.77. The molecule has 0 unspecified atom stereocenters. The number of guanidine groups is 1. The summed E-state index contributed by atoms with van der Waals surface area (Å²) in [4.78, 5) is 18.0. The minimum atomic E-state index is 0. The molecule has 2 aliphatic rings. The second-order valence-electron chi connectivity index (χ2n) is 7.65. The van der Waals surface area contributed by atoms with E-state index in [0.29, 0.717) is 25.7 Å². The fourth-order valence-electron chi connectivity index (χ4n) is 3.92. The number of rotatable bonds is 7. The van der Waals surface area contributed by atoms with Crippen LogP contribution in [0.25, 0.3) is 0 Å². The van der Waals surface area contributed by atoms with E-state index >= 15 is 0 Å². The predicted octanol–water partition coefficient (Wildman–Crippen LogP) is 3.84. The lowest BCUT2D eigenvalue weighted by Crippen LogP contribution is -2.38. The van der Waals surface area contributed by atoms with Gasteiger partial charge in [-0.25, -0.2) is 0 Å². The Kier molecular flexibility index (Phi) is 10.8. The van der Waals surface area contributed by atoms with Gasteiger partial charge in [-0.3, -0.25) is 9.79 Å². The molecule has 162 valence electrons. The molecule has 1 amide bonds. The Morgan fingerprint density at radius 1 is 1.10 bits per heavy atom. The summed E-state index contributed by atoms with van der Waals surface area (Å²) in [5.74, 6) is 1.00. The monoisotopic (exact) mass is 514 g/mol. The molecule has 6 nitrogen and oxygen atoms in total. The van der Waals surface area contributed by atoms with Gasteiger partial charge in [0.15, 0.2) is 5.96 Å². The number of hydrogen-bond donors (Lipinski definition) is 2. The highest BCUT2D eigenvalue weighted by Crippen LogP contribution is 2.21. The van der Waals surface area contributed by atoms with Gasteiger partial charge in [0.1, 0.15) is 0 Å². The number of carbonyl (C=O) groups excluding carboxylic acids is 1. The molecule has 0 spiro atoms. The molecule has 3 rings (SSSR count). The van der Waals surface area contributed by atoms with Crippen LogP contribution in [0.2, 0.25) is 0 Å². The molecule has 2 N–H and O–H groups in total. The van der Waals surface area contributed by atoms with Crippen LogP contribution in [0.3, 0.4) is 0 Å². The van der Waals surface area contributed by atoms with Crippen molar-refractivity contribution in [2.45, 2.75) is 64.0 Å². The Bertz CT molecular complexity index is 643. The van der Waals surface area contributed by atoms with Crippen LogP contribution in [0.1, 0.15) is 56.9 Å². The van der Waals surface area contributed by atoms with Crippen molar-refractivity contribution in [3.63, 3.8) is 0 Å². The fraction of sp³-hybridized carbons (Fsp3) is 0.636. The van der Waals surface area contributed by atoms with Gasteiger partial charge in [-0.2, -0.15) is 0 Å². The van der Waals surface area contributed by atoms with Crippen LogP contribution in [0.4, 0.5) is 5.69 Å². The zero-order valence-electron chi connectivity index (χ0n) is 17.5. The highest BCUT2D eigenvalue weighted by Gasteiger charge is 2.21. The number of aliphatic imine (C=N–C) groups is 1. The Hall–Kier alpha value is -1.35. The average molecular weight is 514 g/mol. The first kappa shape index (κ1) is 23.9. The predicted molar refractivity (Wildman–Crippen MR) is 129 cm³/mol. The van der Waals surface area contributed by atoms with Crippen molar-refractivity contribution >= 4 is 41.5 Å². The van der Waals surface area contributed by atoms with Crippen LogP contribution in [-0.2, 0) is 16.1 Å². The molecule has 1 aliphatic carbocycles. The molecule has 1 saturated carbocycles. The van der Waals surface area contributed by atoms with Gasteiger partial charge in [0.05, 0.1) is 12.7 Å². The van der Waals surface area contributed by atoms with Gasteiger partial charge in [0, 0.05) is 38.8 Å². The van der Waals surface area contributed by atoms with E-state index in [1.54, 1.807) is 7.05 Å². The van der Waals surface area contributed by atoms with Gasteiger partial charge >= 0.3 is 0 Å². The van der Waals surface area contributed by atoms with E-state index in [1.165, 1.54) is 38.5 Å². The van der Waals surface area contributed by atoms with Crippen molar-refractivity contribution in [2.24, 2.45) is 4.99 Å². The molecule has 2 fully saturated rings. The van der Waals surface area contributed by atoms with Crippen molar-refractivity contribution in [3.8, 4) is 0 Å². The Morgan fingerprint density at radius 3 is 2.45 bits per heavy atom. The third-order valence-corrected chi connectivity index (χ3v) is 5.56. The molecular weight excluding hydrogens is 479 g/mol. The standard InChI is InChI=1S/C22H34N4O2.HI/c1-23-22(24-14-16-28-20-7-4-2-3-5-8-20)25-17-18-10-12-19(13-11-18)26-15-6-9-21(26)27;/h10-13,20H,2-9,14-17H2,1H3,(H2,23,24,25);1H. The van der Waals surface area contributed by atoms with Crippen molar-refractivity contribution in [1.29, 1.82) is 0 Å². The zero-order chi connectivity index (χ0) is 19.6. The second-order valence-corrected chi connectivity index (χ2v) is 7.65. The maximum absolute atomic E-state index is 11.8. The topological polar surface area (TPSA) is 66.0 Å². The van der Waals surface area contributed by atoms with Crippen LogP contribution in [0.5, 0.6) is 0 Å². The van der Waals surface area contributed by atoms with Gasteiger partial charge in [-0.1, -0.05) is 37.8 Å². The number of halogens is 1. The molecular formula is C22H35IN4O2. The molecule has 1 saturated heterocycles. The van der Waals surface area contributed by atoms with E-state index in [9.17, 15) is 4.79 Å². The van der Waals surface area contributed by atoms with E-state index in [0.717, 1.165) is 36.7 Å². The van der Waals surface area contributed by atoms with E-state index in [-0.39, 0.29) is 29.9 Å². The fourth-order valence-corrected chi connectivity index (χ4v) is 3.92. The largest absolute Gasteiger partial charge is 0.376 e. The molecule has 0 aromatic heterocycles. The van der Waals surface area contributed by atoms with Crippen molar-refractivity contribution in [1.82, 2.24) is 10.6 Å². The average Bonchev–Trinajstić information content (AvgIpc) is 2.98. The van der Waals surface area contributed by atoms with Crippen LogP contribution >= 0.6 is 24.0 Å². The number of hydrogen-bond acceptors (Lipinski definition) is 3. The maximum Gasteiger partial charge on any atom is 0.227 e. The van der Waals surface area contributed by atoms with Gasteiger partial charge < -0.3 is 20.3 Å². The summed E-state index contributed by atoms with van der Waals surface area (Å²) in [6.07, 6.45) is 9.74. The summed E-state index contributed by atoms with van der Waals surface area (Å²) in [7, 11) is 1.78. The Balaban J connectivity index is 0.00000300. The quantitative estimate of drug-likeness (QED) is 0.191. The van der Waals surface area contributed by atoms with Gasteiger partial charge in [0.2, 0.25) is 5.91 Å². The maximum atomic E-state index is 11.8. The molecule has 0 radical (unpaired) electrons. The van der Waals surface area contributed by atoms with Crippen molar-refractivity contribution < 1.29 is 9.53 Å². The molecule has 0 bridgehead atoms. The summed E-state index contributed by atoms with van der Waals surface area (Å²) in [6, 6.07) is 8.18. The number of benzene rings is 1. The van der Waals surface area contributed by atoms with Gasteiger partial charge in [-0.05, 0) is 37.0 Å². The summed E-state index contributed by atoms with van der Waals surface area (Å²) in [5.41, 5.74) is 2.15. The zero-order valence-corrected chi connectivity index (χ0v) is 19.8. The lowest BCUT2D eigenvalue weighted by atomic mass is 10.1. The molecule has 1 aliphatic heterocycles. The molecule has 1 aromatic carbocycles. The van der Waals surface area contributed by atoms with Crippen LogP contribution in [0.15, 0.2) is 29.3 Å². The number of carbonyl (C=O) groups is 1. The Morgan fingerprint density at radius 2 is 1.83 bits per heavy atom. The summed E-state index contributed by atoms with van der Waals surface area (Å²) in [5, 5.41) is 6.65. The van der Waals surface area contributed by atoms with E-state index < -0.39 is 0 Å². The molecule has 1 heterocycles. The van der Waals surface area contributed by atoms with E-state index in [4.69, 9.17) is 4.74 Å². The minimum Gasteiger partial charge on any atom is -0.376 e. The highest BCUT2D eigenvalue weighted by atomic mass is 127. The molecule has 29 heavy (non-hydrogen) atoms. The SMILES string of the molecule is CN=C(NCCOC1CCCCCC1)NCc1ccc(N2CCCC2=O)cc1.I. The number of amides is 1. The number of anilines is 1. The summed E-state index contributed by atoms with van der Waals surface area (Å²) in [6.45, 7) is 2.99. The van der Waals surface area contributed by atoms with Crippen molar-refractivity contribution in [2.75, 3.05) is 31.6 Å². The lowest BCUT2D eigenvalue weighted by molar-refractivity contribution is -0.117. The molecule has 0 atom stereocenters. The summed E-state index contributed by atoms with van der Waals surface area (Å²) >= 11 is 0. The van der Waals surface area contributed by atoms with Crippen LogP contribution < -0.4 is 15.5 Å². The number of nitrogens with one attached hydrogen (secondary N) is 2. The van der Waals surface area contributed by atoms with Crippen LogP contribution in [0, 0.1) is 0 Å². The first-order chi connectivity index (χ1) is 13.8. The van der Waals surface area contributed by atoms with E-state index in [2.05, 4.69) is 27.8 Å². The second kappa shape index (κ2) is 13.1.